The summed E-state index contributed by atoms with van der Waals surface area (Å²) >= 11 is 0. The number of nitrogens with zero attached hydrogens (tertiary/aromatic N) is 1. The topological polar surface area (TPSA) is 46.2 Å². The second kappa shape index (κ2) is 4.98. The summed E-state index contributed by atoms with van der Waals surface area (Å²) in [6, 6.07) is 6.31. The van der Waals surface area contributed by atoms with Crippen LogP contribution in [0.3, 0.4) is 0 Å². The van der Waals surface area contributed by atoms with E-state index in [1.165, 1.54) is 0 Å². The number of pyridine rings is 1. The van der Waals surface area contributed by atoms with E-state index < -0.39 is 0 Å². The summed E-state index contributed by atoms with van der Waals surface area (Å²) in [7, 11) is 0. The smallest absolute Gasteiger partial charge is 0.215 e. The maximum Gasteiger partial charge on any atom is 0.215 e. The molecule has 1 fully saturated rings. The highest BCUT2D eigenvalue weighted by atomic mass is 16.5. The van der Waals surface area contributed by atoms with E-state index in [-0.39, 0.29) is 0 Å². The van der Waals surface area contributed by atoms with Crippen molar-refractivity contribution < 1.29 is 4.74 Å². The molecule has 1 aliphatic heterocycles. The Hall–Kier alpha value is -1.29. The lowest BCUT2D eigenvalue weighted by atomic mass is 10.2. The van der Waals surface area contributed by atoms with Crippen LogP contribution in [0.15, 0.2) is 18.2 Å². The SMILES string of the molecule is CCOc1cccc(NC2CCNC2)n1. The van der Waals surface area contributed by atoms with Gasteiger partial charge in [0.15, 0.2) is 0 Å². The summed E-state index contributed by atoms with van der Waals surface area (Å²) in [6.07, 6.45) is 1.15. The molecule has 0 spiro atoms. The lowest BCUT2D eigenvalue weighted by molar-refractivity contribution is 0.327. The van der Waals surface area contributed by atoms with Crippen LogP contribution >= 0.6 is 0 Å². The maximum atomic E-state index is 5.34. The molecule has 0 bridgehead atoms. The van der Waals surface area contributed by atoms with Gasteiger partial charge in [0.05, 0.1) is 6.61 Å². The molecule has 82 valence electrons. The molecule has 4 nitrogen and oxygen atoms in total. The molecule has 1 unspecified atom stereocenters. The molecule has 4 heteroatoms. The highest BCUT2D eigenvalue weighted by molar-refractivity contribution is 5.38. The van der Waals surface area contributed by atoms with Gasteiger partial charge >= 0.3 is 0 Å². The first kappa shape index (κ1) is 10.2. The Morgan fingerprint density at radius 1 is 1.60 bits per heavy atom. The molecule has 0 saturated carbocycles. The van der Waals surface area contributed by atoms with Crippen LogP contribution in [0.5, 0.6) is 5.88 Å². The van der Waals surface area contributed by atoms with Crippen molar-refractivity contribution in [2.24, 2.45) is 0 Å². The molecule has 0 amide bonds. The molecule has 2 N–H and O–H groups in total. The lowest BCUT2D eigenvalue weighted by Crippen LogP contribution is -2.22. The van der Waals surface area contributed by atoms with Crippen molar-refractivity contribution in [1.29, 1.82) is 0 Å². The maximum absolute atomic E-state index is 5.34. The Labute approximate surface area is 90.0 Å². The van der Waals surface area contributed by atoms with E-state index in [1.54, 1.807) is 0 Å². The number of anilines is 1. The second-order valence-corrected chi connectivity index (χ2v) is 3.63. The van der Waals surface area contributed by atoms with Gasteiger partial charge in [0.2, 0.25) is 5.88 Å². The third kappa shape index (κ3) is 2.83. The van der Waals surface area contributed by atoms with Crippen LogP contribution in [0.1, 0.15) is 13.3 Å². The molecule has 2 heterocycles. The Bertz CT molecular complexity index is 310. The van der Waals surface area contributed by atoms with Crippen LogP contribution in [0, 0.1) is 0 Å². The first-order chi connectivity index (χ1) is 7.38. The van der Waals surface area contributed by atoms with Crippen molar-refractivity contribution in [3.05, 3.63) is 18.2 Å². The van der Waals surface area contributed by atoms with Gasteiger partial charge in [-0.25, -0.2) is 0 Å². The molecule has 1 atom stereocenters. The first-order valence-corrected chi connectivity index (χ1v) is 5.45. The Kier molecular flexibility index (Phi) is 3.40. The van der Waals surface area contributed by atoms with Crippen molar-refractivity contribution in [3.63, 3.8) is 0 Å². The fraction of sp³-hybridized carbons (Fsp3) is 0.545. The van der Waals surface area contributed by atoms with Gasteiger partial charge in [0.1, 0.15) is 5.82 Å². The number of aromatic nitrogens is 1. The Morgan fingerprint density at radius 3 is 3.27 bits per heavy atom. The zero-order valence-electron chi connectivity index (χ0n) is 8.99. The predicted molar refractivity (Wildman–Crippen MR) is 60.3 cm³/mol. The monoisotopic (exact) mass is 207 g/mol. The zero-order valence-corrected chi connectivity index (χ0v) is 8.99. The summed E-state index contributed by atoms with van der Waals surface area (Å²) < 4.78 is 5.34. The third-order valence-electron chi connectivity index (χ3n) is 2.43. The van der Waals surface area contributed by atoms with Gasteiger partial charge in [0, 0.05) is 18.7 Å². The summed E-state index contributed by atoms with van der Waals surface area (Å²) in [5.41, 5.74) is 0. The van der Waals surface area contributed by atoms with Gasteiger partial charge in [-0.15, -0.1) is 0 Å². The van der Waals surface area contributed by atoms with Crippen molar-refractivity contribution in [3.8, 4) is 5.88 Å². The standard InChI is InChI=1S/C11H17N3O/c1-2-15-11-5-3-4-10(14-11)13-9-6-7-12-8-9/h3-5,9,12H,2,6-8H2,1H3,(H,13,14). The van der Waals surface area contributed by atoms with Crippen LogP contribution in [0.25, 0.3) is 0 Å². The molecule has 1 aliphatic rings. The van der Waals surface area contributed by atoms with Gasteiger partial charge in [-0.1, -0.05) is 6.07 Å². The van der Waals surface area contributed by atoms with E-state index in [0.29, 0.717) is 18.5 Å². The van der Waals surface area contributed by atoms with Crippen molar-refractivity contribution in [2.45, 2.75) is 19.4 Å². The molecular weight excluding hydrogens is 190 g/mol. The van der Waals surface area contributed by atoms with Gasteiger partial charge in [-0.05, 0) is 26.0 Å². The van der Waals surface area contributed by atoms with E-state index >= 15 is 0 Å². The summed E-state index contributed by atoms with van der Waals surface area (Å²) in [4.78, 5) is 4.36. The van der Waals surface area contributed by atoms with Crippen molar-refractivity contribution in [2.75, 3.05) is 25.0 Å². The van der Waals surface area contributed by atoms with Gasteiger partial charge < -0.3 is 15.4 Å². The molecule has 2 rings (SSSR count). The lowest BCUT2D eigenvalue weighted by Gasteiger charge is -2.12. The minimum atomic E-state index is 0.495. The summed E-state index contributed by atoms with van der Waals surface area (Å²) in [6.45, 7) is 4.72. The summed E-state index contributed by atoms with van der Waals surface area (Å²) in [5.74, 6) is 1.59. The van der Waals surface area contributed by atoms with Gasteiger partial charge in [-0.3, -0.25) is 0 Å². The predicted octanol–water partition coefficient (Wildman–Crippen LogP) is 1.25. The van der Waals surface area contributed by atoms with Crippen LogP contribution in [0.4, 0.5) is 5.82 Å². The Morgan fingerprint density at radius 2 is 2.53 bits per heavy atom. The number of nitrogens with one attached hydrogen (secondary N) is 2. The second-order valence-electron chi connectivity index (χ2n) is 3.63. The largest absolute Gasteiger partial charge is 0.478 e. The van der Waals surface area contributed by atoms with Crippen molar-refractivity contribution >= 4 is 5.82 Å². The molecule has 1 aromatic rings. The molecular formula is C11H17N3O. The van der Waals surface area contributed by atoms with E-state index in [1.807, 2.05) is 25.1 Å². The van der Waals surface area contributed by atoms with Crippen LogP contribution in [-0.2, 0) is 0 Å². The quantitative estimate of drug-likeness (QED) is 0.780. The Balaban J connectivity index is 1.97. The fourth-order valence-corrected chi connectivity index (χ4v) is 1.71. The van der Waals surface area contributed by atoms with E-state index in [9.17, 15) is 0 Å². The van der Waals surface area contributed by atoms with Gasteiger partial charge in [-0.2, -0.15) is 4.98 Å². The fourth-order valence-electron chi connectivity index (χ4n) is 1.71. The van der Waals surface area contributed by atoms with Gasteiger partial charge in [0.25, 0.3) is 0 Å². The number of hydrogen-bond donors (Lipinski definition) is 2. The highest BCUT2D eigenvalue weighted by Crippen LogP contribution is 2.13. The zero-order chi connectivity index (χ0) is 10.5. The molecule has 0 aromatic carbocycles. The average Bonchev–Trinajstić information content (AvgIpc) is 2.71. The molecule has 0 aliphatic carbocycles. The average molecular weight is 207 g/mol. The number of hydrogen-bond acceptors (Lipinski definition) is 4. The molecule has 1 saturated heterocycles. The minimum Gasteiger partial charge on any atom is -0.478 e. The number of ether oxygens (including phenoxy) is 1. The van der Waals surface area contributed by atoms with E-state index in [0.717, 1.165) is 25.3 Å². The van der Waals surface area contributed by atoms with Crippen LogP contribution in [0.2, 0.25) is 0 Å². The molecule has 0 radical (unpaired) electrons. The van der Waals surface area contributed by atoms with E-state index in [2.05, 4.69) is 15.6 Å². The molecule has 15 heavy (non-hydrogen) atoms. The number of rotatable bonds is 4. The summed E-state index contributed by atoms with van der Waals surface area (Å²) in [5, 5.41) is 6.70. The van der Waals surface area contributed by atoms with Crippen LogP contribution < -0.4 is 15.4 Å². The highest BCUT2D eigenvalue weighted by Gasteiger charge is 2.14. The van der Waals surface area contributed by atoms with Crippen LogP contribution in [-0.4, -0.2) is 30.7 Å². The normalized spacial score (nSPS) is 20.2. The third-order valence-corrected chi connectivity index (χ3v) is 2.43. The minimum absolute atomic E-state index is 0.495. The van der Waals surface area contributed by atoms with E-state index in [4.69, 9.17) is 4.74 Å². The van der Waals surface area contributed by atoms with Crippen molar-refractivity contribution in [1.82, 2.24) is 10.3 Å². The molecule has 1 aromatic heterocycles. The first-order valence-electron chi connectivity index (χ1n) is 5.45.